The van der Waals surface area contributed by atoms with E-state index in [0.29, 0.717) is 12.1 Å². The Labute approximate surface area is 81.7 Å². The molecule has 1 N–H and O–H groups in total. The van der Waals surface area contributed by atoms with Gasteiger partial charge in [-0.05, 0) is 18.4 Å². The van der Waals surface area contributed by atoms with Gasteiger partial charge in [-0.25, -0.2) is 4.39 Å². The zero-order valence-electron chi connectivity index (χ0n) is 7.02. The van der Waals surface area contributed by atoms with E-state index in [9.17, 15) is 17.6 Å². The first-order chi connectivity index (χ1) is 6.36. The SMILES string of the molecule is CSc1cc(C(F)(F)F)cc(O)c1F. The Balaban J connectivity index is 3.30. The number of hydrogen-bond donors (Lipinski definition) is 1. The van der Waals surface area contributed by atoms with Crippen molar-refractivity contribution >= 4 is 11.8 Å². The van der Waals surface area contributed by atoms with Gasteiger partial charge >= 0.3 is 6.18 Å². The van der Waals surface area contributed by atoms with E-state index in [1.165, 1.54) is 6.26 Å². The highest BCUT2D eigenvalue weighted by Gasteiger charge is 2.32. The van der Waals surface area contributed by atoms with Crippen LogP contribution >= 0.6 is 11.8 Å². The summed E-state index contributed by atoms with van der Waals surface area (Å²) in [6, 6.07) is 1.04. The minimum absolute atomic E-state index is 0.225. The average Bonchev–Trinajstić information content (AvgIpc) is 2.07. The van der Waals surface area contributed by atoms with Crippen LogP contribution in [0.2, 0.25) is 0 Å². The van der Waals surface area contributed by atoms with Crippen molar-refractivity contribution in [3.63, 3.8) is 0 Å². The van der Waals surface area contributed by atoms with Crippen LogP contribution in [0.15, 0.2) is 17.0 Å². The van der Waals surface area contributed by atoms with Gasteiger partial charge in [-0.1, -0.05) is 0 Å². The van der Waals surface area contributed by atoms with E-state index < -0.39 is 23.3 Å². The molecule has 0 bridgehead atoms. The van der Waals surface area contributed by atoms with Crippen molar-refractivity contribution in [3.8, 4) is 5.75 Å². The van der Waals surface area contributed by atoms with Gasteiger partial charge in [-0.2, -0.15) is 13.2 Å². The Morgan fingerprint density at radius 2 is 1.86 bits per heavy atom. The molecular formula is C8H6F4OS. The number of aromatic hydroxyl groups is 1. The summed E-state index contributed by atoms with van der Waals surface area (Å²) in [6.07, 6.45) is -3.15. The van der Waals surface area contributed by atoms with E-state index in [4.69, 9.17) is 5.11 Å². The molecule has 0 fully saturated rings. The second-order valence-electron chi connectivity index (χ2n) is 2.51. The second-order valence-corrected chi connectivity index (χ2v) is 3.36. The Hall–Kier alpha value is -0.910. The van der Waals surface area contributed by atoms with Crippen LogP contribution in [0.1, 0.15) is 5.56 Å². The van der Waals surface area contributed by atoms with Crippen LogP contribution in [0.3, 0.4) is 0 Å². The number of phenols is 1. The van der Waals surface area contributed by atoms with Gasteiger partial charge in [0.05, 0.1) is 5.56 Å². The highest BCUT2D eigenvalue weighted by atomic mass is 32.2. The van der Waals surface area contributed by atoms with Crippen LogP contribution in [0.25, 0.3) is 0 Å². The molecule has 0 aliphatic heterocycles. The first-order valence-electron chi connectivity index (χ1n) is 3.50. The minimum Gasteiger partial charge on any atom is -0.505 e. The number of alkyl halides is 3. The van der Waals surface area contributed by atoms with Gasteiger partial charge in [0.1, 0.15) is 0 Å². The highest BCUT2D eigenvalue weighted by molar-refractivity contribution is 7.98. The largest absolute Gasteiger partial charge is 0.505 e. The first kappa shape index (κ1) is 11.2. The number of thioether (sulfide) groups is 1. The topological polar surface area (TPSA) is 20.2 Å². The van der Waals surface area contributed by atoms with Crippen molar-refractivity contribution < 1.29 is 22.7 Å². The molecule has 0 saturated carbocycles. The zero-order chi connectivity index (χ0) is 10.9. The molecule has 1 aromatic carbocycles. The maximum atomic E-state index is 12.9. The summed E-state index contributed by atoms with van der Waals surface area (Å²) in [5.41, 5.74) is -1.05. The van der Waals surface area contributed by atoms with E-state index in [0.717, 1.165) is 11.8 Å². The van der Waals surface area contributed by atoms with Gasteiger partial charge < -0.3 is 5.11 Å². The molecule has 0 unspecified atom stereocenters. The molecule has 0 aliphatic rings. The molecule has 0 heterocycles. The smallest absolute Gasteiger partial charge is 0.416 e. The highest BCUT2D eigenvalue weighted by Crippen LogP contribution is 2.36. The Morgan fingerprint density at radius 3 is 2.29 bits per heavy atom. The molecule has 78 valence electrons. The number of rotatable bonds is 1. The van der Waals surface area contributed by atoms with Crippen LogP contribution in [-0.2, 0) is 6.18 Å². The normalized spacial score (nSPS) is 11.8. The predicted molar refractivity (Wildman–Crippen MR) is 44.8 cm³/mol. The molecule has 0 amide bonds. The van der Waals surface area contributed by atoms with Gasteiger partial charge in [0, 0.05) is 4.90 Å². The van der Waals surface area contributed by atoms with E-state index in [1.807, 2.05) is 0 Å². The van der Waals surface area contributed by atoms with Gasteiger partial charge in [0.25, 0.3) is 0 Å². The van der Waals surface area contributed by atoms with Crippen molar-refractivity contribution in [2.75, 3.05) is 6.26 Å². The van der Waals surface area contributed by atoms with Crippen molar-refractivity contribution in [3.05, 3.63) is 23.5 Å². The molecule has 0 aliphatic carbocycles. The lowest BCUT2D eigenvalue weighted by molar-refractivity contribution is -0.137. The second kappa shape index (κ2) is 3.68. The molecule has 1 rings (SSSR count). The fourth-order valence-corrected chi connectivity index (χ4v) is 1.42. The van der Waals surface area contributed by atoms with Crippen molar-refractivity contribution in [2.24, 2.45) is 0 Å². The minimum atomic E-state index is -4.57. The van der Waals surface area contributed by atoms with Crippen molar-refractivity contribution in [1.29, 1.82) is 0 Å². The lowest BCUT2D eigenvalue weighted by Gasteiger charge is -2.09. The summed E-state index contributed by atoms with van der Waals surface area (Å²) in [5.74, 6) is -2.00. The van der Waals surface area contributed by atoms with Gasteiger partial charge in [0.15, 0.2) is 11.6 Å². The van der Waals surface area contributed by atoms with Crippen LogP contribution < -0.4 is 0 Å². The average molecular weight is 226 g/mol. The van der Waals surface area contributed by atoms with Gasteiger partial charge in [0.2, 0.25) is 0 Å². The number of hydrogen-bond acceptors (Lipinski definition) is 2. The third kappa shape index (κ3) is 2.12. The van der Waals surface area contributed by atoms with E-state index in [1.54, 1.807) is 0 Å². The maximum Gasteiger partial charge on any atom is 0.416 e. The van der Waals surface area contributed by atoms with Crippen LogP contribution in [0.4, 0.5) is 17.6 Å². The summed E-state index contributed by atoms with van der Waals surface area (Å²) in [4.78, 5) is -0.225. The molecule has 1 nitrogen and oxygen atoms in total. The molecule has 0 atom stereocenters. The third-order valence-electron chi connectivity index (χ3n) is 1.57. The Morgan fingerprint density at radius 1 is 1.29 bits per heavy atom. The number of phenolic OH excluding ortho intramolecular Hbond substituents is 1. The first-order valence-corrected chi connectivity index (χ1v) is 4.72. The third-order valence-corrected chi connectivity index (χ3v) is 2.30. The predicted octanol–water partition coefficient (Wildman–Crippen LogP) is 3.27. The number of halogens is 4. The van der Waals surface area contributed by atoms with E-state index in [-0.39, 0.29) is 4.90 Å². The van der Waals surface area contributed by atoms with Gasteiger partial charge in [-0.3, -0.25) is 0 Å². The zero-order valence-corrected chi connectivity index (χ0v) is 7.84. The van der Waals surface area contributed by atoms with Crippen molar-refractivity contribution in [2.45, 2.75) is 11.1 Å². The standard InChI is InChI=1S/C8H6F4OS/c1-14-6-3-4(8(10,11)12)2-5(13)7(6)9/h2-3,13H,1H3. The van der Waals surface area contributed by atoms with E-state index in [2.05, 4.69) is 0 Å². The molecule has 1 aromatic rings. The van der Waals surface area contributed by atoms with Crippen LogP contribution in [-0.4, -0.2) is 11.4 Å². The fourth-order valence-electron chi connectivity index (χ4n) is 0.895. The van der Waals surface area contributed by atoms with Crippen LogP contribution in [0, 0.1) is 5.82 Å². The quantitative estimate of drug-likeness (QED) is 0.585. The molecule has 6 heteroatoms. The molecule has 0 aromatic heterocycles. The van der Waals surface area contributed by atoms with Crippen LogP contribution in [0.5, 0.6) is 5.75 Å². The van der Waals surface area contributed by atoms with Crippen molar-refractivity contribution in [1.82, 2.24) is 0 Å². The fraction of sp³-hybridized carbons (Fsp3) is 0.250. The molecular weight excluding hydrogens is 220 g/mol. The molecule has 14 heavy (non-hydrogen) atoms. The lowest BCUT2D eigenvalue weighted by atomic mass is 10.2. The maximum absolute atomic E-state index is 12.9. The Kier molecular flexibility index (Phi) is 2.94. The summed E-state index contributed by atoms with van der Waals surface area (Å²) < 4.78 is 49.5. The van der Waals surface area contributed by atoms with Gasteiger partial charge in [-0.15, -0.1) is 11.8 Å². The van der Waals surface area contributed by atoms with E-state index >= 15 is 0 Å². The Bertz CT molecular complexity index is 348. The summed E-state index contributed by atoms with van der Waals surface area (Å²) in [6.45, 7) is 0. The summed E-state index contributed by atoms with van der Waals surface area (Å²) in [7, 11) is 0. The lowest BCUT2D eigenvalue weighted by Crippen LogP contribution is -2.05. The summed E-state index contributed by atoms with van der Waals surface area (Å²) >= 11 is 0.805. The number of benzene rings is 1. The molecule has 0 spiro atoms. The molecule has 0 radical (unpaired) electrons. The monoisotopic (exact) mass is 226 g/mol. The summed E-state index contributed by atoms with van der Waals surface area (Å²) in [5, 5.41) is 8.89. The molecule has 0 saturated heterocycles.